The number of thioether (sulfide) groups is 1. The van der Waals surface area contributed by atoms with Crippen molar-refractivity contribution >= 4 is 22.8 Å². The fourth-order valence-corrected chi connectivity index (χ4v) is 3.23. The van der Waals surface area contributed by atoms with E-state index in [9.17, 15) is 9.59 Å². The lowest BCUT2D eigenvalue weighted by Crippen LogP contribution is -2.37. The van der Waals surface area contributed by atoms with Crippen LogP contribution in [0.25, 0.3) is 0 Å². The minimum Gasteiger partial charge on any atom is -0.340 e. The number of hydrogen-bond acceptors (Lipinski definition) is 5. The molecule has 0 radical (unpaired) electrons. The Morgan fingerprint density at radius 2 is 2.28 bits per heavy atom. The number of amides is 1. The number of fused-ring (bicyclic) bond motifs is 1. The Labute approximate surface area is 109 Å². The number of nitrogens with zero attached hydrogens (tertiary/aromatic N) is 2. The third-order valence-corrected chi connectivity index (χ3v) is 4.30. The largest absolute Gasteiger partial charge is 0.340 e. The second-order valence-corrected chi connectivity index (χ2v) is 5.64. The topological polar surface area (TPSA) is 72.0 Å². The fraction of sp³-hybridized carbons (Fsp3) is 0.500. The zero-order valence-corrected chi connectivity index (χ0v) is 10.6. The van der Waals surface area contributed by atoms with Crippen LogP contribution in [0, 0.1) is 0 Å². The van der Waals surface area contributed by atoms with E-state index in [-0.39, 0.29) is 17.1 Å². The number of nitrogens with one attached hydrogen (secondary N) is 1. The minimum atomic E-state index is -0.363. The zero-order valence-electron chi connectivity index (χ0n) is 9.81. The third-order valence-electron chi connectivity index (χ3n) is 3.29. The van der Waals surface area contributed by atoms with Gasteiger partial charge in [-0.15, -0.1) is 5.10 Å². The second kappa shape index (κ2) is 4.68. The van der Waals surface area contributed by atoms with Crippen molar-refractivity contribution < 1.29 is 9.59 Å². The lowest BCUT2D eigenvalue weighted by Gasteiger charge is -2.09. The number of carbonyl (C=O) groups excluding carboxylic acids is 2. The van der Waals surface area contributed by atoms with Crippen molar-refractivity contribution in [2.75, 3.05) is 5.75 Å². The Bertz CT molecular complexity index is 518. The summed E-state index contributed by atoms with van der Waals surface area (Å²) in [6.45, 7) is 0. The van der Waals surface area contributed by atoms with Gasteiger partial charge in [0.1, 0.15) is 0 Å². The molecule has 1 amide bonds. The van der Waals surface area contributed by atoms with E-state index in [1.165, 1.54) is 11.8 Å². The van der Waals surface area contributed by atoms with Crippen LogP contribution in [0.15, 0.2) is 6.07 Å². The van der Waals surface area contributed by atoms with E-state index in [1.807, 2.05) is 0 Å². The van der Waals surface area contributed by atoms with E-state index in [4.69, 9.17) is 0 Å². The first-order valence-electron chi connectivity index (χ1n) is 6.07. The molecule has 1 aliphatic carbocycles. The number of aryl methyl sites for hydroxylation is 2. The Balaban J connectivity index is 1.74. The second-order valence-electron chi connectivity index (χ2n) is 4.54. The van der Waals surface area contributed by atoms with Crippen LogP contribution in [0.1, 0.15) is 34.6 Å². The van der Waals surface area contributed by atoms with E-state index in [0.717, 1.165) is 36.3 Å². The van der Waals surface area contributed by atoms with Crippen LogP contribution < -0.4 is 5.32 Å². The maximum Gasteiger partial charge on any atom is 0.272 e. The molecule has 1 saturated heterocycles. The molecule has 0 spiro atoms. The van der Waals surface area contributed by atoms with E-state index >= 15 is 0 Å². The highest BCUT2D eigenvalue weighted by Crippen LogP contribution is 2.21. The molecule has 1 aromatic heterocycles. The lowest BCUT2D eigenvalue weighted by atomic mass is 10.2. The van der Waals surface area contributed by atoms with Gasteiger partial charge in [-0.25, -0.2) is 0 Å². The summed E-state index contributed by atoms with van der Waals surface area (Å²) in [7, 11) is 0. The lowest BCUT2D eigenvalue weighted by molar-refractivity contribution is -0.112. The molecular formula is C12H13N3O2S. The summed E-state index contributed by atoms with van der Waals surface area (Å²) in [4.78, 5) is 23.4. The van der Waals surface area contributed by atoms with Gasteiger partial charge in [0, 0.05) is 5.75 Å². The highest BCUT2D eigenvalue weighted by molar-refractivity contribution is 8.14. The molecule has 6 heteroatoms. The van der Waals surface area contributed by atoms with Crippen LogP contribution in [0.4, 0.5) is 0 Å². The van der Waals surface area contributed by atoms with Gasteiger partial charge >= 0.3 is 0 Å². The summed E-state index contributed by atoms with van der Waals surface area (Å²) in [5, 5.41) is 10.8. The van der Waals surface area contributed by atoms with Crippen LogP contribution in [-0.4, -0.2) is 33.0 Å². The van der Waals surface area contributed by atoms with Gasteiger partial charge in [0.25, 0.3) is 5.91 Å². The average molecular weight is 263 g/mol. The van der Waals surface area contributed by atoms with Gasteiger partial charge in [0.05, 0.1) is 11.7 Å². The smallest absolute Gasteiger partial charge is 0.272 e. The van der Waals surface area contributed by atoms with Crippen LogP contribution in [-0.2, 0) is 17.6 Å². The summed E-state index contributed by atoms with van der Waals surface area (Å²) in [6.07, 6.45) is 3.69. The molecule has 3 rings (SSSR count). The molecule has 2 aliphatic rings. The molecule has 0 bridgehead atoms. The zero-order chi connectivity index (χ0) is 12.5. The standard InChI is InChI=1S/C12H13N3O2S/c16-11(13-9-4-5-18-12(9)17)10-6-7-2-1-3-8(7)14-15-10/h6,9H,1-5H2,(H,13,16). The number of aromatic nitrogens is 2. The van der Waals surface area contributed by atoms with Gasteiger partial charge in [-0.3, -0.25) is 9.59 Å². The molecule has 5 nitrogen and oxygen atoms in total. The SMILES string of the molecule is O=C(NC1CCSC1=O)c1cc2c(nn1)CCC2. The molecular weight excluding hydrogens is 250 g/mol. The summed E-state index contributed by atoms with van der Waals surface area (Å²) in [5.41, 5.74) is 2.43. The molecule has 1 aromatic rings. The molecule has 1 N–H and O–H groups in total. The first-order chi connectivity index (χ1) is 8.74. The van der Waals surface area contributed by atoms with Crippen molar-refractivity contribution in [3.63, 3.8) is 0 Å². The van der Waals surface area contributed by atoms with Crippen molar-refractivity contribution in [2.45, 2.75) is 31.7 Å². The first-order valence-corrected chi connectivity index (χ1v) is 7.05. The molecule has 18 heavy (non-hydrogen) atoms. The predicted octanol–water partition coefficient (Wildman–Crippen LogP) is 0.727. The van der Waals surface area contributed by atoms with Crippen LogP contribution >= 0.6 is 11.8 Å². The molecule has 1 fully saturated rings. The molecule has 1 atom stereocenters. The Morgan fingerprint density at radius 3 is 3.06 bits per heavy atom. The number of rotatable bonds is 2. The maximum atomic E-state index is 12.0. The minimum absolute atomic E-state index is 0.0393. The Kier molecular flexibility index (Phi) is 3.03. The molecule has 1 aliphatic heterocycles. The molecule has 1 unspecified atom stereocenters. The summed E-state index contributed by atoms with van der Waals surface area (Å²) < 4.78 is 0. The highest BCUT2D eigenvalue weighted by Gasteiger charge is 2.28. The van der Waals surface area contributed by atoms with Crippen molar-refractivity contribution in [3.8, 4) is 0 Å². The van der Waals surface area contributed by atoms with E-state index in [1.54, 1.807) is 6.07 Å². The average Bonchev–Trinajstić information content (AvgIpc) is 2.98. The quantitative estimate of drug-likeness (QED) is 0.851. The Hall–Kier alpha value is -1.43. The van der Waals surface area contributed by atoms with Gasteiger partial charge in [-0.2, -0.15) is 5.10 Å². The highest BCUT2D eigenvalue weighted by atomic mass is 32.2. The predicted molar refractivity (Wildman–Crippen MR) is 67.4 cm³/mol. The first kappa shape index (κ1) is 11.6. The summed E-state index contributed by atoms with van der Waals surface area (Å²) in [6, 6.07) is 1.44. The molecule has 2 heterocycles. The van der Waals surface area contributed by atoms with Crippen LogP contribution in [0.5, 0.6) is 0 Å². The van der Waals surface area contributed by atoms with E-state index < -0.39 is 0 Å². The number of hydrogen-bond donors (Lipinski definition) is 1. The van der Waals surface area contributed by atoms with E-state index in [2.05, 4.69) is 15.5 Å². The Morgan fingerprint density at radius 1 is 1.39 bits per heavy atom. The van der Waals surface area contributed by atoms with Crippen LogP contribution in [0.2, 0.25) is 0 Å². The molecule has 0 aromatic carbocycles. The van der Waals surface area contributed by atoms with Gasteiger partial charge in [-0.1, -0.05) is 11.8 Å². The summed E-state index contributed by atoms with van der Waals surface area (Å²) in [5.74, 6) is 0.484. The summed E-state index contributed by atoms with van der Waals surface area (Å²) >= 11 is 1.27. The van der Waals surface area contributed by atoms with Crippen molar-refractivity contribution in [1.29, 1.82) is 0 Å². The molecule has 0 saturated carbocycles. The van der Waals surface area contributed by atoms with Gasteiger partial charge in [-0.05, 0) is 37.3 Å². The monoisotopic (exact) mass is 263 g/mol. The van der Waals surface area contributed by atoms with Crippen molar-refractivity contribution in [3.05, 3.63) is 23.0 Å². The number of carbonyl (C=O) groups is 2. The van der Waals surface area contributed by atoms with Crippen LogP contribution in [0.3, 0.4) is 0 Å². The van der Waals surface area contributed by atoms with E-state index in [0.29, 0.717) is 12.1 Å². The van der Waals surface area contributed by atoms with Crippen molar-refractivity contribution in [2.24, 2.45) is 0 Å². The van der Waals surface area contributed by atoms with Gasteiger partial charge < -0.3 is 5.32 Å². The third kappa shape index (κ3) is 2.12. The van der Waals surface area contributed by atoms with Gasteiger partial charge in [0.2, 0.25) is 5.12 Å². The molecule has 94 valence electrons. The normalized spacial score (nSPS) is 22.0. The maximum absolute atomic E-state index is 12.0. The van der Waals surface area contributed by atoms with Gasteiger partial charge in [0.15, 0.2) is 5.69 Å². The fourth-order valence-electron chi connectivity index (χ4n) is 2.30. The van der Waals surface area contributed by atoms with Crippen molar-refractivity contribution in [1.82, 2.24) is 15.5 Å².